The Morgan fingerprint density at radius 1 is 1.35 bits per heavy atom. The lowest BCUT2D eigenvalue weighted by Crippen LogP contribution is -2.36. The van der Waals surface area contributed by atoms with E-state index in [0.717, 1.165) is 12.1 Å². The van der Waals surface area contributed by atoms with Gasteiger partial charge in [-0.05, 0) is 30.9 Å². The molecular weight excluding hydrogens is 353 g/mol. The first-order chi connectivity index (χ1) is 12.3. The number of nitrogens with one attached hydrogen (secondary N) is 1. The average molecular weight is 370 g/mol. The zero-order valence-electron chi connectivity index (χ0n) is 13.6. The first-order valence-corrected chi connectivity index (χ1v) is 8.05. The van der Waals surface area contributed by atoms with Crippen LogP contribution >= 0.6 is 0 Å². The molecule has 1 unspecified atom stereocenters. The molecule has 7 nitrogen and oxygen atoms in total. The number of piperidine rings is 1. The number of nitro groups is 1. The third-order valence-corrected chi connectivity index (χ3v) is 4.63. The Morgan fingerprint density at radius 3 is 2.58 bits per heavy atom. The van der Waals surface area contributed by atoms with Gasteiger partial charge in [0.05, 0.1) is 10.5 Å². The van der Waals surface area contributed by atoms with Crippen molar-refractivity contribution in [2.24, 2.45) is 5.92 Å². The summed E-state index contributed by atoms with van der Waals surface area (Å²) in [5.41, 5.74) is -1.45. The lowest BCUT2D eigenvalue weighted by Gasteiger charge is -2.34. The highest BCUT2D eigenvalue weighted by Gasteiger charge is 2.35. The maximum absolute atomic E-state index is 12.8. The molecular formula is C16H17F3N4O3. The van der Waals surface area contributed by atoms with Crippen LogP contribution in [0.15, 0.2) is 30.6 Å². The topological polar surface area (TPSA) is 95.3 Å². The van der Waals surface area contributed by atoms with E-state index < -0.39 is 28.5 Å². The number of nitro benzene ring substituents is 1. The van der Waals surface area contributed by atoms with Crippen molar-refractivity contribution in [2.75, 3.05) is 18.0 Å². The van der Waals surface area contributed by atoms with Crippen molar-refractivity contribution in [2.45, 2.75) is 25.1 Å². The zero-order chi connectivity index (χ0) is 18.9. The fourth-order valence-electron chi connectivity index (χ4n) is 3.23. The second-order valence-corrected chi connectivity index (χ2v) is 6.20. The Morgan fingerprint density at radius 2 is 2.04 bits per heavy atom. The van der Waals surface area contributed by atoms with E-state index in [-0.39, 0.29) is 11.6 Å². The van der Waals surface area contributed by atoms with Gasteiger partial charge in [-0.15, -0.1) is 0 Å². The average Bonchev–Trinajstić information content (AvgIpc) is 3.14. The number of rotatable bonds is 4. The number of aromatic nitrogens is 2. The largest absolute Gasteiger partial charge is 0.416 e. The highest BCUT2D eigenvalue weighted by atomic mass is 19.4. The maximum Gasteiger partial charge on any atom is 0.416 e. The Balaban J connectivity index is 1.76. The van der Waals surface area contributed by atoms with Gasteiger partial charge in [0.25, 0.3) is 5.69 Å². The molecule has 0 bridgehead atoms. The summed E-state index contributed by atoms with van der Waals surface area (Å²) in [6.45, 7) is 0.795. The lowest BCUT2D eigenvalue weighted by molar-refractivity contribution is -0.384. The number of nitrogens with zero attached hydrogens (tertiary/aromatic N) is 3. The molecule has 10 heteroatoms. The summed E-state index contributed by atoms with van der Waals surface area (Å²) < 4.78 is 38.4. The van der Waals surface area contributed by atoms with Crippen molar-refractivity contribution in [1.82, 2.24) is 9.97 Å². The molecule has 0 saturated carbocycles. The maximum atomic E-state index is 12.8. The Bertz CT molecular complexity index is 772. The smallest absolute Gasteiger partial charge is 0.385 e. The van der Waals surface area contributed by atoms with Gasteiger partial charge in [0.15, 0.2) is 0 Å². The van der Waals surface area contributed by atoms with E-state index in [4.69, 9.17) is 0 Å². The molecule has 1 fully saturated rings. The standard InChI is InChI=1S/C16H17F3N4O3/c17-16(18,19)11-1-2-12(13(9-11)23(25)26)22-7-3-10(4-8-22)14(24)15-20-5-6-21-15/h1-2,5-6,9-10,14,24H,3-4,7-8H2,(H,20,21). The molecule has 0 radical (unpaired) electrons. The van der Waals surface area contributed by atoms with Crippen LogP contribution in [0.5, 0.6) is 0 Å². The summed E-state index contributed by atoms with van der Waals surface area (Å²) in [6, 6.07) is 2.56. The number of anilines is 1. The molecule has 1 aliphatic heterocycles. The van der Waals surface area contributed by atoms with Crippen LogP contribution in [0.4, 0.5) is 24.5 Å². The van der Waals surface area contributed by atoms with Crippen LogP contribution in [0, 0.1) is 16.0 Å². The molecule has 1 atom stereocenters. The Kier molecular flexibility index (Phi) is 4.86. The van der Waals surface area contributed by atoms with E-state index in [1.165, 1.54) is 0 Å². The van der Waals surface area contributed by atoms with Gasteiger partial charge in [0, 0.05) is 31.5 Å². The highest BCUT2D eigenvalue weighted by Crippen LogP contribution is 2.38. The monoisotopic (exact) mass is 370 g/mol. The fourth-order valence-corrected chi connectivity index (χ4v) is 3.23. The van der Waals surface area contributed by atoms with Crippen molar-refractivity contribution >= 4 is 11.4 Å². The van der Waals surface area contributed by atoms with Gasteiger partial charge >= 0.3 is 6.18 Å². The molecule has 1 aromatic heterocycles. The van der Waals surface area contributed by atoms with Gasteiger partial charge in [-0.2, -0.15) is 13.2 Å². The molecule has 1 saturated heterocycles. The minimum Gasteiger partial charge on any atom is -0.385 e. The molecule has 2 N–H and O–H groups in total. The minimum absolute atomic E-state index is 0.0779. The number of aliphatic hydroxyl groups is 1. The van der Waals surface area contributed by atoms with Crippen LogP contribution < -0.4 is 4.90 Å². The molecule has 0 amide bonds. The SMILES string of the molecule is O=[N+]([O-])c1cc(C(F)(F)F)ccc1N1CCC(C(O)c2ncc[nH]2)CC1. The second-order valence-electron chi connectivity index (χ2n) is 6.20. The lowest BCUT2D eigenvalue weighted by atomic mass is 9.90. The van der Waals surface area contributed by atoms with Gasteiger partial charge in [-0.25, -0.2) is 4.98 Å². The minimum atomic E-state index is -4.64. The summed E-state index contributed by atoms with van der Waals surface area (Å²) in [5, 5.41) is 21.5. The predicted octanol–water partition coefficient (Wildman–Crippen LogP) is 3.29. The molecule has 2 aromatic rings. The van der Waals surface area contributed by atoms with E-state index in [1.54, 1.807) is 17.3 Å². The zero-order valence-corrected chi connectivity index (χ0v) is 13.6. The molecule has 0 aliphatic carbocycles. The van der Waals surface area contributed by atoms with Gasteiger partial charge in [-0.3, -0.25) is 10.1 Å². The summed E-state index contributed by atoms with van der Waals surface area (Å²) in [7, 11) is 0. The van der Waals surface area contributed by atoms with Crippen LogP contribution in [0.2, 0.25) is 0 Å². The van der Waals surface area contributed by atoms with Gasteiger partial charge in [-0.1, -0.05) is 0 Å². The van der Waals surface area contributed by atoms with Crippen molar-refractivity contribution in [1.29, 1.82) is 0 Å². The normalized spacial score (nSPS) is 17.3. The van der Waals surface area contributed by atoms with Crippen LogP contribution in [0.3, 0.4) is 0 Å². The van der Waals surface area contributed by atoms with Gasteiger partial charge < -0.3 is 15.0 Å². The van der Waals surface area contributed by atoms with Crippen LogP contribution in [-0.4, -0.2) is 33.1 Å². The molecule has 0 spiro atoms. The van der Waals surface area contributed by atoms with Crippen molar-refractivity contribution in [3.63, 3.8) is 0 Å². The van der Waals surface area contributed by atoms with E-state index in [1.807, 2.05) is 0 Å². The number of hydrogen-bond acceptors (Lipinski definition) is 5. The number of H-pyrrole nitrogens is 1. The molecule has 3 rings (SSSR count). The number of aliphatic hydroxyl groups excluding tert-OH is 1. The number of aromatic amines is 1. The van der Waals surface area contributed by atoms with Crippen molar-refractivity contribution in [3.8, 4) is 0 Å². The first-order valence-electron chi connectivity index (χ1n) is 8.05. The van der Waals surface area contributed by atoms with Crippen molar-refractivity contribution in [3.05, 3.63) is 52.1 Å². The predicted molar refractivity (Wildman–Crippen MR) is 86.6 cm³/mol. The van der Waals surface area contributed by atoms with Gasteiger partial charge in [0.2, 0.25) is 0 Å². The van der Waals surface area contributed by atoms with E-state index in [9.17, 15) is 28.4 Å². The van der Waals surface area contributed by atoms with E-state index >= 15 is 0 Å². The summed E-state index contributed by atoms with van der Waals surface area (Å²) >= 11 is 0. The summed E-state index contributed by atoms with van der Waals surface area (Å²) in [6.07, 6.45) is -1.17. The number of alkyl halides is 3. The Hall–Kier alpha value is -2.62. The van der Waals surface area contributed by atoms with Crippen LogP contribution in [0.1, 0.15) is 30.3 Å². The quantitative estimate of drug-likeness (QED) is 0.636. The van der Waals surface area contributed by atoms with Crippen LogP contribution in [-0.2, 0) is 6.18 Å². The fraction of sp³-hybridized carbons (Fsp3) is 0.438. The number of benzene rings is 1. The van der Waals surface area contributed by atoms with E-state index in [0.29, 0.717) is 37.8 Å². The second kappa shape index (κ2) is 6.94. The van der Waals surface area contributed by atoms with Crippen LogP contribution in [0.25, 0.3) is 0 Å². The van der Waals surface area contributed by atoms with E-state index in [2.05, 4.69) is 9.97 Å². The molecule has 1 aliphatic rings. The Labute approximate surface area is 146 Å². The first kappa shape index (κ1) is 18.2. The number of halogens is 3. The summed E-state index contributed by atoms with van der Waals surface area (Å²) in [5.74, 6) is 0.384. The molecule has 140 valence electrons. The molecule has 2 heterocycles. The van der Waals surface area contributed by atoms with Crippen molar-refractivity contribution < 1.29 is 23.2 Å². The summed E-state index contributed by atoms with van der Waals surface area (Å²) in [4.78, 5) is 19.0. The number of hydrogen-bond donors (Lipinski definition) is 2. The molecule has 1 aromatic carbocycles. The highest BCUT2D eigenvalue weighted by molar-refractivity contribution is 5.64. The number of imidazole rings is 1. The third kappa shape index (κ3) is 3.64. The van der Waals surface area contributed by atoms with Gasteiger partial charge in [0.1, 0.15) is 17.6 Å². The third-order valence-electron chi connectivity index (χ3n) is 4.63. The molecule has 26 heavy (non-hydrogen) atoms.